The van der Waals surface area contributed by atoms with Gasteiger partial charge in [-0.05, 0) is 30.5 Å². The van der Waals surface area contributed by atoms with E-state index in [-0.39, 0.29) is 5.91 Å². The standard InChI is InChI=1S/C21H29F3N4O2/c1-25-20(26-10-9-19(29)27-17-7-2-3-8-17)28-11-12-30-18(14-28)15-5-4-6-16(13-15)21(22,23)24/h4-6,13,17-18H,2-3,7-12,14H2,1H3,(H,25,26)(H,27,29). The van der Waals surface area contributed by atoms with Gasteiger partial charge in [-0.3, -0.25) is 9.79 Å². The van der Waals surface area contributed by atoms with Crippen molar-refractivity contribution in [3.8, 4) is 0 Å². The lowest BCUT2D eigenvalue weighted by Gasteiger charge is -2.35. The zero-order valence-electron chi connectivity index (χ0n) is 17.2. The lowest BCUT2D eigenvalue weighted by atomic mass is 10.0. The fourth-order valence-electron chi connectivity index (χ4n) is 3.95. The molecular formula is C21H29F3N4O2. The van der Waals surface area contributed by atoms with E-state index in [9.17, 15) is 18.0 Å². The zero-order chi connectivity index (χ0) is 21.6. The molecule has 1 aliphatic carbocycles. The van der Waals surface area contributed by atoms with Gasteiger partial charge in [0.1, 0.15) is 6.10 Å². The minimum Gasteiger partial charge on any atom is -0.370 e. The number of carbonyl (C=O) groups is 1. The van der Waals surface area contributed by atoms with Crippen LogP contribution in [0.1, 0.15) is 49.3 Å². The maximum Gasteiger partial charge on any atom is 0.416 e. The molecule has 30 heavy (non-hydrogen) atoms. The van der Waals surface area contributed by atoms with Crippen LogP contribution in [-0.4, -0.2) is 56.1 Å². The van der Waals surface area contributed by atoms with Crippen LogP contribution in [0.3, 0.4) is 0 Å². The van der Waals surface area contributed by atoms with Crippen LogP contribution in [0.4, 0.5) is 13.2 Å². The highest BCUT2D eigenvalue weighted by Crippen LogP contribution is 2.32. The van der Waals surface area contributed by atoms with Crippen LogP contribution in [0.25, 0.3) is 0 Å². The lowest BCUT2D eigenvalue weighted by Crippen LogP contribution is -2.48. The van der Waals surface area contributed by atoms with Crippen molar-refractivity contribution in [3.05, 3.63) is 35.4 Å². The van der Waals surface area contributed by atoms with Crippen molar-refractivity contribution in [1.82, 2.24) is 15.5 Å². The summed E-state index contributed by atoms with van der Waals surface area (Å²) in [5, 5.41) is 6.23. The van der Waals surface area contributed by atoms with E-state index in [1.807, 2.05) is 4.90 Å². The molecule has 3 rings (SSSR count). The molecule has 6 nitrogen and oxygen atoms in total. The van der Waals surface area contributed by atoms with Gasteiger partial charge in [0, 0.05) is 32.6 Å². The Kier molecular flexibility index (Phi) is 7.58. The molecule has 166 valence electrons. The average Bonchev–Trinajstić information content (AvgIpc) is 3.24. The number of alkyl halides is 3. The first-order valence-electron chi connectivity index (χ1n) is 10.4. The van der Waals surface area contributed by atoms with E-state index in [0.29, 0.717) is 50.2 Å². The summed E-state index contributed by atoms with van der Waals surface area (Å²) >= 11 is 0. The summed E-state index contributed by atoms with van der Waals surface area (Å²) in [7, 11) is 1.65. The number of nitrogens with zero attached hydrogens (tertiary/aromatic N) is 2. The number of benzene rings is 1. The van der Waals surface area contributed by atoms with E-state index in [4.69, 9.17) is 4.74 Å². The second-order valence-corrected chi connectivity index (χ2v) is 7.70. The molecule has 0 aromatic heterocycles. The van der Waals surface area contributed by atoms with Gasteiger partial charge < -0.3 is 20.3 Å². The Morgan fingerprint density at radius 3 is 2.77 bits per heavy atom. The maximum atomic E-state index is 13.0. The summed E-state index contributed by atoms with van der Waals surface area (Å²) < 4.78 is 44.8. The van der Waals surface area contributed by atoms with Gasteiger partial charge in [-0.25, -0.2) is 0 Å². The average molecular weight is 426 g/mol. The third kappa shape index (κ3) is 6.10. The van der Waals surface area contributed by atoms with Crippen LogP contribution in [0, 0.1) is 0 Å². The summed E-state index contributed by atoms with van der Waals surface area (Å²) in [5.74, 6) is 0.637. The number of amides is 1. The number of carbonyl (C=O) groups excluding carboxylic acids is 1. The summed E-state index contributed by atoms with van der Waals surface area (Å²) in [4.78, 5) is 18.3. The number of halogens is 3. The molecular weight excluding hydrogens is 397 g/mol. The molecule has 2 fully saturated rings. The molecule has 2 N–H and O–H groups in total. The maximum absolute atomic E-state index is 13.0. The smallest absolute Gasteiger partial charge is 0.370 e. The Morgan fingerprint density at radius 1 is 1.30 bits per heavy atom. The van der Waals surface area contributed by atoms with E-state index in [1.54, 1.807) is 13.1 Å². The molecule has 1 atom stereocenters. The van der Waals surface area contributed by atoms with E-state index < -0.39 is 17.8 Å². The number of guanidine groups is 1. The van der Waals surface area contributed by atoms with E-state index >= 15 is 0 Å². The van der Waals surface area contributed by atoms with Crippen molar-refractivity contribution in [2.45, 2.75) is 50.4 Å². The van der Waals surface area contributed by atoms with Crippen LogP contribution < -0.4 is 10.6 Å². The van der Waals surface area contributed by atoms with Gasteiger partial charge in [-0.15, -0.1) is 0 Å². The van der Waals surface area contributed by atoms with Gasteiger partial charge in [-0.2, -0.15) is 13.2 Å². The molecule has 1 aromatic rings. The number of aliphatic imine (C=N–C) groups is 1. The molecule has 1 amide bonds. The summed E-state index contributed by atoms with van der Waals surface area (Å²) in [6.45, 7) is 1.78. The largest absolute Gasteiger partial charge is 0.416 e. The Labute approximate surface area is 174 Å². The van der Waals surface area contributed by atoms with Crippen molar-refractivity contribution in [2.75, 3.05) is 33.3 Å². The fraction of sp³-hybridized carbons (Fsp3) is 0.619. The number of rotatable bonds is 5. The van der Waals surface area contributed by atoms with Crippen LogP contribution in [0.15, 0.2) is 29.3 Å². The quantitative estimate of drug-likeness (QED) is 0.561. The van der Waals surface area contributed by atoms with E-state index in [0.717, 1.165) is 25.0 Å². The highest BCUT2D eigenvalue weighted by molar-refractivity contribution is 5.81. The fourth-order valence-corrected chi connectivity index (χ4v) is 3.95. The molecule has 1 heterocycles. The molecule has 1 saturated heterocycles. The zero-order valence-corrected chi connectivity index (χ0v) is 17.2. The number of morpholine rings is 1. The predicted octanol–water partition coefficient (Wildman–Crippen LogP) is 3.10. The topological polar surface area (TPSA) is 66.0 Å². The highest BCUT2D eigenvalue weighted by Gasteiger charge is 2.32. The van der Waals surface area contributed by atoms with Crippen LogP contribution >= 0.6 is 0 Å². The van der Waals surface area contributed by atoms with Crippen LogP contribution in [0.5, 0.6) is 0 Å². The first kappa shape index (κ1) is 22.4. The van der Waals surface area contributed by atoms with Crippen molar-refractivity contribution < 1.29 is 22.7 Å². The monoisotopic (exact) mass is 426 g/mol. The molecule has 1 unspecified atom stereocenters. The normalized spacial score (nSPS) is 21.0. The highest BCUT2D eigenvalue weighted by atomic mass is 19.4. The Hall–Kier alpha value is -2.29. The summed E-state index contributed by atoms with van der Waals surface area (Å²) in [6, 6.07) is 5.53. The van der Waals surface area contributed by atoms with Gasteiger partial charge in [0.25, 0.3) is 0 Å². The minimum atomic E-state index is -4.39. The molecule has 0 bridgehead atoms. The number of nitrogens with one attached hydrogen (secondary N) is 2. The molecule has 1 aromatic carbocycles. The van der Waals surface area contributed by atoms with Gasteiger partial charge in [0.2, 0.25) is 5.91 Å². The Balaban J connectivity index is 1.52. The van der Waals surface area contributed by atoms with Gasteiger partial charge in [-0.1, -0.05) is 25.0 Å². The first-order chi connectivity index (χ1) is 14.4. The van der Waals surface area contributed by atoms with Crippen molar-refractivity contribution in [2.24, 2.45) is 4.99 Å². The number of hydrogen-bond acceptors (Lipinski definition) is 3. The molecule has 0 spiro atoms. The van der Waals surface area contributed by atoms with Crippen molar-refractivity contribution in [1.29, 1.82) is 0 Å². The number of hydrogen-bond donors (Lipinski definition) is 2. The Bertz CT molecular complexity index is 748. The van der Waals surface area contributed by atoms with E-state index in [1.165, 1.54) is 18.9 Å². The third-order valence-electron chi connectivity index (χ3n) is 5.52. The second-order valence-electron chi connectivity index (χ2n) is 7.70. The SMILES string of the molecule is CN=C(NCCC(=O)NC1CCCC1)N1CCOC(c2cccc(C(F)(F)F)c2)C1. The predicted molar refractivity (Wildman–Crippen MR) is 108 cm³/mol. The van der Waals surface area contributed by atoms with Crippen molar-refractivity contribution in [3.63, 3.8) is 0 Å². The van der Waals surface area contributed by atoms with E-state index in [2.05, 4.69) is 15.6 Å². The number of ether oxygens (including phenoxy) is 1. The minimum absolute atomic E-state index is 0.0219. The molecule has 2 aliphatic rings. The summed E-state index contributed by atoms with van der Waals surface area (Å²) in [6.07, 6.45) is -0.0975. The Morgan fingerprint density at radius 2 is 2.07 bits per heavy atom. The molecule has 9 heteroatoms. The first-order valence-corrected chi connectivity index (χ1v) is 10.4. The molecule has 0 radical (unpaired) electrons. The second kappa shape index (κ2) is 10.1. The lowest BCUT2D eigenvalue weighted by molar-refractivity contribution is -0.137. The van der Waals surface area contributed by atoms with Crippen LogP contribution in [-0.2, 0) is 15.7 Å². The molecule has 1 aliphatic heterocycles. The van der Waals surface area contributed by atoms with Gasteiger partial charge in [0.05, 0.1) is 18.7 Å². The van der Waals surface area contributed by atoms with Gasteiger partial charge in [0.15, 0.2) is 5.96 Å². The third-order valence-corrected chi connectivity index (χ3v) is 5.52. The van der Waals surface area contributed by atoms with Gasteiger partial charge >= 0.3 is 6.18 Å². The molecule has 1 saturated carbocycles. The summed E-state index contributed by atoms with van der Waals surface area (Å²) in [5.41, 5.74) is -0.197. The van der Waals surface area contributed by atoms with Crippen LogP contribution in [0.2, 0.25) is 0 Å². The van der Waals surface area contributed by atoms with Crippen molar-refractivity contribution >= 4 is 11.9 Å².